The highest BCUT2D eigenvalue weighted by Crippen LogP contribution is 2.28. The Bertz CT molecular complexity index is 577. The van der Waals surface area contributed by atoms with Crippen LogP contribution in [0.15, 0.2) is 23.1 Å². The van der Waals surface area contributed by atoms with Crippen molar-refractivity contribution >= 4 is 15.9 Å². The number of sulfonamides is 1. The number of carbonyl (C=O) groups excluding carboxylic acids is 1. The number of amides is 1. The van der Waals surface area contributed by atoms with Crippen molar-refractivity contribution in [2.75, 3.05) is 0 Å². The molecule has 1 fully saturated rings. The van der Waals surface area contributed by atoms with Crippen molar-refractivity contribution in [1.29, 1.82) is 0 Å². The van der Waals surface area contributed by atoms with Crippen LogP contribution >= 0.6 is 0 Å². The first-order valence-corrected chi connectivity index (χ1v) is 7.27. The van der Waals surface area contributed by atoms with Crippen LogP contribution in [0.3, 0.4) is 0 Å². The fraction of sp³-hybridized carbons (Fsp3) is 0.417. The Labute approximate surface area is 107 Å². The van der Waals surface area contributed by atoms with Crippen LogP contribution in [0, 0.1) is 19.8 Å². The lowest BCUT2D eigenvalue weighted by Crippen LogP contribution is -2.42. The van der Waals surface area contributed by atoms with Gasteiger partial charge in [0.15, 0.2) is 0 Å². The van der Waals surface area contributed by atoms with Crippen molar-refractivity contribution in [3.05, 3.63) is 29.3 Å². The summed E-state index contributed by atoms with van der Waals surface area (Å²) in [5.74, 6) is -0.296. The van der Waals surface area contributed by atoms with Gasteiger partial charge >= 0.3 is 0 Å². The van der Waals surface area contributed by atoms with Crippen molar-refractivity contribution < 1.29 is 13.2 Å². The van der Waals surface area contributed by atoms with Crippen LogP contribution in [0.25, 0.3) is 0 Å². The van der Waals surface area contributed by atoms with Gasteiger partial charge in [-0.2, -0.15) is 0 Å². The summed E-state index contributed by atoms with van der Waals surface area (Å²) in [7, 11) is -3.69. The molecule has 0 unspecified atom stereocenters. The molecule has 0 aromatic heterocycles. The van der Waals surface area contributed by atoms with Crippen molar-refractivity contribution in [2.45, 2.75) is 31.6 Å². The third kappa shape index (κ3) is 2.88. The summed E-state index contributed by atoms with van der Waals surface area (Å²) in [5.41, 5.74) is 3.90. The predicted octanol–water partition coefficient (Wildman–Crippen LogP) is 1.02. The Morgan fingerprint density at radius 2 is 1.94 bits per heavy atom. The standard InChI is InChI=1S/C12H16N2O3S/c1-8-3-6-11(9(2)7-8)18(16,17)14-13-12(15)10-4-5-10/h3,6-7,10,14H,4-5H2,1-2H3,(H,13,15). The second kappa shape index (κ2) is 4.70. The second-order valence-electron chi connectivity index (χ2n) is 4.64. The summed E-state index contributed by atoms with van der Waals surface area (Å²) in [6.45, 7) is 3.62. The van der Waals surface area contributed by atoms with Gasteiger partial charge in [0.25, 0.3) is 10.0 Å². The molecule has 2 N–H and O–H groups in total. The highest BCUT2D eigenvalue weighted by molar-refractivity contribution is 7.89. The van der Waals surface area contributed by atoms with Crippen molar-refractivity contribution in [2.24, 2.45) is 5.92 Å². The molecule has 6 heteroatoms. The summed E-state index contributed by atoms with van der Waals surface area (Å²) < 4.78 is 24.0. The summed E-state index contributed by atoms with van der Waals surface area (Å²) >= 11 is 0. The Morgan fingerprint density at radius 3 is 2.50 bits per heavy atom. The van der Waals surface area contributed by atoms with E-state index in [1.807, 2.05) is 6.92 Å². The number of rotatable bonds is 4. The van der Waals surface area contributed by atoms with Gasteiger partial charge in [-0.05, 0) is 38.3 Å². The maximum absolute atomic E-state index is 12.0. The zero-order valence-electron chi connectivity index (χ0n) is 10.4. The number of benzene rings is 1. The van der Waals surface area contributed by atoms with E-state index in [9.17, 15) is 13.2 Å². The molecular weight excluding hydrogens is 252 g/mol. The largest absolute Gasteiger partial charge is 0.277 e. The van der Waals surface area contributed by atoms with E-state index in [0.29, 0.717) is 5.56 Å². The van der Waals surface area contributed by atoms with Crippen LogP contribution in [0.5, 0.6) is 0 Å². The maximum Gasteiger partial charge on any atom is 0.257 e. The Balaban J connectivity index is 2.12. The molecule has 1 aromatic carbocycles. The third-order valence-corrected chi connectivity index (χ3v) is 4.28. The zero-order valence-corrected chi connectivity index (χ0v) is 11.2. The van der Waals surface area contributed by atoms with E-state index in [4.69, 9.17) is 0 Å². The van der Waals surface area contributed by atoms with E-state index in [1.165, 1.54) is 6.07 Å². The molecule has 1 aromatic rings. The van der Waals surface area contributed by atoms with Gasteiger partial charge in [-0.1, -0.05) is 17.7 Å². The topological polar surface area (TPSA) is 75.3 Å². The number of nitrogens with one attached hydrogen (secondary N) is 2. The van der Waals surface area contributed by atoms with Gasteiger partial charge in [0, 0.05) is 5.92 Å². The van der Waals surface area contributed by atoms with Gasteiger partial charge in [-0.25, -0.2) is 8.42 Å². The summed E-state index contributed by atoms with van der Waals surface area (Å²) in [4.78, 5) is 13.7. The SMILES string of the molecule is Cc1ccc(S(=O)(=O)NNC(=O)C2CC2)c(C)c1. The monoisotopic (exact) mass is 268 g/mol. The normalized spacial score (nSPS) is 15.4. The van der Waals surface area contributed by atoms with Gasteiger partial charge in [0.05, 0.1) is 4.90 Å². The Hall–Kier alpha value is -1.40. The number of hydrogen-bond acceptors (Lipinski definition) is 3. The van der Waals surface area contributed by atoms with E-state index < -0.39 is 10.0 Å². The molecule has 1 aliphatic rings. The van der Waals surface area contributed by atoms with Gasteiger partial charge in [0.1, 0.15) is 0 Å². The zero-order chi connectivity index (χ0) is 13.3. The van der Waals surface area contributed by atoms with Crippen LogP contribution in [0.1, 0.15) is 24.0 Å². The lowest BCUT2D eigenvalue weighted by Gasteiger charge is -2.10. The van der Waals surface area contributed by atoms with Gasteiger partial charge in [-0.15, -0.1) is 4.83 Å². The molecule has 1 saturated carbocycles. The third-order valence-electron chi connectivity index (χ3n) is 2.88. The molecule has 1 amide bonds. The highest BCUT2D eigenvalue weighted by Gasteiger charge is 2.30. The molecule has 2 rings (SSSR count). The molecule has 5 nitrogen and oxygen atoms in total. The predicted molar refractivity (Wildman–Crippen MR) is 67.1 cm³/mol. The molecule has 0 bridgehead atoms. The van der Waals surface area contributed by atoms with E-state index in [1.54, 1.807) is 19.1 Å². The lowest BCUT2D eigenvalue weighted by atomic mass is 10.2. The molecule has 1 aliphatic carbocycles. The summed E-state index contributed by atoms with van der Waals surface area (Å²) in [5, 5.41) is 0. The first-order chi connectivity index (χ1) is 8.40. The van der Waals surface area contributed by atoms with Crippen LogP contribution in [0.2, 0.25) is 0 Å². The molecule has 0 radical (unpaired) electrons. The van der Waals surface area contributed by atoms with E-state index >= 15 is 0 Å². The number of hydrogen-bond donors (Lipinski definition) is 2. The molecule has 0 aliphatic heterocycles. The molecule has 0 spiro atoms. The van der Waals surface area contributed by atoms with E-state index in [-0.39, 0.29) is 16.7 Å². The lowest BCUT2D eigenvalue weighted by molar-refractivity contribution is -0.122. The smallest absolute Gasteiger partial charge is 0.257 e. The highest BCUT2D eigenvalue weighted by atomic mass is 32.2. The fourth-order valence-electron chi connectivity index (χ4n) is 1.72. The average molecular weight is 268 g/mol. The van der Waals surface area contributed by atoms with Crippen LogP contribution in [0.4, 0.5) is 0 Å². The molecule has 0 atom stereocenters. The number of aryl methyl sites for hydroxylation is 2. The molecule has 18 heavy (non-hydrogen) atoms. The minimum Gasteiger partial charge on any atom is -0.277 e. The van der Waals surface area contributed by atoms with Crippen LogP contribution in [-0.4, -0.2) is 14.3 Å². The molecule has 0 heterocycles. The van der Waals surface area contributed by atoms with Crippen molar-refractivity contribution in [1.82, 2.24) is 10.3 Å². The van der Waals surface area contributed by atoms with Crippen molar-refractivity contribution in [3.8, 4) is 0 Å². The number of carbonyl (C=O) groups is 1. The summed E-state index contributed by atoms with van der Waals surface area (Å²) in [6.07, 6.45) is 1.66. The van der Waals surface area contributed by atoms with Crippen LogP contribution < -0.4 is 10.3 Å². The average Bonchev–Trinajstić information content (AvgIpc) is 3.09. The van der Waals surface area contributed by atoms with Gasteiger partial charge < -0.3 is 0 Å². The van der Waals surface area contributed by atoms with Gasteiger partial charge in [-0.3, -0.25) is 10.2 Å². The minimum atomic E-state index is -3.69. The quantitative estimate of drug-likeness (QED) is 0.801. The Morgan fingerprint density at radius 1 is 1.28 bits per heavy atom. The fourth-order valence-corrected chi connectivity index (χ4v) is 2.80. The molecular formula is C12H16N2O3S. The maximum atomic E-state index is 12.0. The van der Waals surface area contributed by atoms with Crippen molar-refractivity contribution in [3.63, 3.8) is 0 Å². The van der Waals surface area contributed by atoms with E-state index in [2.05, 4.69) is 10.3 Å². The number of hydrazine groups is 1. The second-order valence-corrected chi connectivity index (χ2v) is 6.29. The first-order valence-electron chi connectivity index (χ1n) is 5.79. The van der Waals surface area contributed by atoms with Gasteiger partial charge in [0.2, 0.25) is 5.91 Å². The summed E-state index contributed by atoms with van der Waals surface area (Å²) in [6, 6.07) is 5.05. The first kappa shape index (κ1) is 13.0. The van der Waals surface area contributed by atoms with Crippen LogP contribution in [-0.2, 0) is 14.8 Å². The van der Waals surface area contributed by atoms with E-state index in [0.717, 1.165) is 18.4 Å². The molecule has 0 saturated heterocycles. The molecule has 98 valence electrons. The Kier molecular flexibility index (Phi) is 3.41. The minimum absolute atomic E-state index is 0.0354.